The monoisotopic (exact) mass is 368 g/mol. The zero-order valence-corrected chi connectivity index (χ0v) is 16.1. The Kier molecular flexibility index (Phi) is 6.40. The summed E-state index contributed by atoms with van der Waals surface area (Å²) in [6.45, 7) is 7.02. The number of hydrogen-bond donors (Lipinski definition) is 1. The number of carbonyl (C=O) groups excluding carboxylic acids is 1. The highest BCUT2D eigenvalue weighted by Gasteiger charge is 2.26. The van der Waals surface area contributed by atoms with Gasteiger partial charge in [-0.2, -0.15) is 0 Å². The lowest BCUT2D eigenvalue weighted by molar-refractivity contribution is -0.122. The lowest BCUT2D eigenvalue weighted by Gasteiger charge is -2.37. The normalized spacial score (nSPS) is 16.8. The molecule has 1 N–H and O–H groups in total. The van der Waals surface area contributed by atoms with E-state index in [9.17, 15) is 9.59 Å². The van der Waals surface area contributed by atoms with Gasteiger partial charge < -0.3 is 5.32 Å². The van der Waals surface area contributed by atoms with Crippen molar-refractivity contribution in [3.05, 3.63) is 64.3 Å². The van der Waals surface area contributed by atoms with Gasteiger partial charge in [0.2, 0.25) is 5.91 Å². The predicted octanol–water partition coefficient (Wildman–Crippen LogP) is 2.14. The van der Waals surface area contributed by atoms with E-state index in [4.69, 9.17) is 0 Å². The molecule has 0 unspecified atom stereocenters. The summed E-state index contributed by atoms with van der Waals surface area (Å²) in [5, 5.41) is 3.02. The van der Waals surface area contributed by atoms with Crippen molar-refractivity contribution in [1.82, 2.24) is 19.8 Å². The van der Waals surface area contributed by atoms with Gasteiger partial charge in [0.25, 0.3) is 0 Å². The predicted molar refractivity (Wildman–Crippen MR) is 105 cm³/mol. The Hall–Kier alpha value is -2.47. The van der Waals surface area contributed by atoms with E-state index in [1.165, 1.54) is 34.7 Å². The van der Waals surface area contributed by atoms with E-state index in [1.54, 1.807) is 12.3 Å². The Morgan fingerprint density at radius 3 is 2.70 bits per heavy atom. The molecule has 1 atom stereocenters. The van der Waals surface area contributed by atoms with Crippen LogP contribution < -0.4 is 11.0 Å². The van der Waals surface area contributed by atoms with E-state index in [-0.39, 0.29) is 18.5 Å². The van der Waals surface area contributed by atoms with Crippen molar-refractivity contribution in [3.63, 3.8) is 0 Å². The van der Waals surface area contributed by atoms with Crippen molar-refractivity contribution in [2.45, 2.75) is 39.3 Å². The van der Waals surface area contributed by atoms with Crippen molar-refractivity contribution in [2.75, 3.05) is 19.6 Å². The summed E-state index contributed by atoms with van der Waals surface area (Å²) < 4.78 is 1.32. The zero-order chi connectivity index (χ0) is 19.2. The van der Waals surface area contributed by atoms with Crippen LogP contribution in [0.5, 0.6) is 0 Å². The van der Waals surface area contributed by atoms with Crippen LogP contribution in [0.15, 0.2) is 47.5 Å². The van der Waals surface area contributed by atoms with Gasteiger partial charge in [0.05, 0.1) is 6.04 Å². The molecule has 1 saturated heterocycles. The highest BCUT2D eigenvalue weighted by molar-refractivity contribution is 5.75. The summed E-state index contributed by atoms with van der Waals surface area (Å²) in [4.78, 5) is 30.3. The molecule has 2 aromatic rings. The first-order chi connectivity index (χ1) is 13.0. The Labute approximate surface area is 160 Å². The number of hydrogen-bond acceptors (Lipinski definition) is 4. The largest absolute Gasteiger partial charge is 0.353 e. The molecular weight excluding hydrogens is 340 g/mol. The van der Waals surface area contributed by atoms with Gasteiger partial charge in [0.1, 0.15) is 6.54 Å². The second-order valence-electron chi connectivity index (χ2n) is 7.43. The number of carbonyl (C=O) groups is 1. The first-order valence-electron chi connectivity index (χ1n) is 9.62. The summed E-state index contributed by atoms with van der Waals surface area (Å²) in [5.74, 6) is 0.583. The van der Waals surface area contributed by atoms with Gasteiger partial charge in [-0.25, -0.2) is 9.78 Å². The zero-order valence-electron chi connectivity index (χ0n) is 16.1. The van der Waals surface area contributed by atoms with Crippen LogP contribution in [0, 0.1) is 12.8 Å². The molecule has 6 heteroatoms. The number of aryl methyl sites for hydroxylation is 1. The van der Waals surface area contributed by atoms with E-state index in [0.717, 1.165) is 19.0 Å². The average molecular weight is 368 g/mol. The third kappa shape index (κ3) is 5.04. The fraction of sp³-hybridized carbons (Fsp3) is 0.476. The third-order valence-electron chi connectivity index (χ3n) is 5.40. The average Bonchev–Trinajstić information content (AvgIpc) is 2.66. The lowest BCUT2D eigenvalue weighted by atomic mass is 9.94. The van der Waals surface area contributed by atoms with Gasteiger partial charge in [0, 0.05) is 18.9 Å². The highest BCUT2D eigenvalue weighted by Crippen LogP contribution is 2.28. The summed E-state index contributed by atoms with van der Waals surface area (Å²) in [7, 11) is 0. The maximum Gasteiger partial charge on any atom is 0.347 e. The quantitative estimate of drug-likeness (QED) is 0.848. The van der Waals surface area contributed by atoms with E-state index >= 15 is 0 Å². The molecule has 1 aliphatic heterocycles. The number of aromatic nitrogens is 2. The van der Waals surface area contributed by atoms with Crippen LogP contribution in [0.4, 0.5) is 0 Å². The third-order valence-corrected chi connectivity index (χ3v) is 5.40. The van der Waals surface area contributed by atoms with Gasteiger partial charge in [0.15, 0.2) is 0 Å². The summed E-state index contributed by atoms with van der Waals surface area (Å²) >= 11 is 0. The van der Waals surface area contributed by atoms with Crippen LogP contribution in [-0.2, 0) is 11.3 Å². The number of piperidine rings is 1. The molecule has 0 saturated carbocycles. The molecule has 1 aromatic carbocycles. The molecule has 1 fully saturated rings. The van der Waals surface area contributed by atoms with Gasteiger partial charge >= 0.3 is 5.69 Å². The number of rotatable bonds is 6. The maximum absolute atomic E-state index is 12.4. The Bertz CT molecular complexity index is 825. The summed E-state index contributed by atoms with van der Waals surface area (Å²) in [6, 6.07) is 10.2. The molecule has 0 radical (unpaired) electrons. The Balaban J connectivity index is 1.70. The van der Waals surface area contributed by atoms with Crippen molar-refractivity contribution >= 4 is 5.91 Å². The molecule has 3 rings (SSSR count). The first kappa shape index (κ1) is 19.3. The van der Waals surface area contributed by atoms with Gasteiger partial charge in [-0.3, -0.25) is 14.3 Å². The lowest BCUT2D eigenvalue weighted by Crippen LogP contribution is -2.43. The van der Waals surface area contributed by atoms with Crippen LogP contribution in [0.1, 0.15) is 36.9 Å². The van der Waals surface area contributed by atoms with Crippen LogP contribution in [0.25, 0.3) is 0 Å². The van der Waals surface area contributed by atoms with Crippen molar-refractivity contribution in [1.29, 1.82) is 0 Å². The van der Waals surface area contributed by atoms with Gasteiger partial charge in [-0.05, 0) is 56.0 Å². The maximum atomic E-state index is 12.4. The minimum absolute atomic E-state index is 0.00972. The SMILES string of the molecule is Cc1ccccc1[C@@H](CNC(=O)Cn1cccnc1=O)N1CCC(C)CC1. The van der Waals surface area contributed by atoms with E-state index < -0.39 is 5.69 Å². The van der Waals surface area contributed by atoms with Crippen LogP contribution in [-0.4, -0.2) is 40.0 Å². The Morgan fingerprint density at radius 2 is 2.00 bits per heavy atom. The molecule has 1 amide bonds. The standard InChI is InChI=1S/C21H28N4O2/c1-16-8-12-24(13-9-16)19(18-7-4-3-6-17(18)2)14-23-20(26)15-25-11-5-10-22-21(25)27/h3-7,10-11,16,19H,8-9,12-15H2,1-2H3,(H,23,26)/t19-/m1/s1. The second-order valence-corrected chi connectivity index (χ2v) is 7.43. The fourth-order valence-electron chi connectivity index (χ4n) is 3.67. The molecule has 6 nitrogen and oxygen atoms in total. The van der Waals surface area contributed by atoms with E-state index in [0.29, 0.717) is 6.54 Å². The molecule has 144 valence electrons. The second kappa shape index (κ2) is 8.95. The topological polar surface area (TPSA) is 67.2 Å². The van der Waals surface area contributed by atoms with Crippen LogP contribution in [0.2, 0.25) is 0 Å². The molecule has 1 aromatic heterocycles. The van der Waals surface area contributed by atoms with E-state index in [2.05, 4.69) is 47.2 Å². The first-order valence-corrected chi connectivity index (χ1v) is 9.62. The molecule has 1 aliphatic rings. The minimum Gasteiger partial charge on any atom is -0.353 e. The fourth-order valence-corrected chi connectivity index (χ4v) is 3.67. The van der Waals surface area contributed by atoms with Crippen LogP contribution in [0.3, 0.4) is 0 Å². The van der Waals surface area contributed by atoms with Gasteiger partial charge in [-0.1, -0.05) is 31.2 Å². The van der Waals surface area contributed by atoms with Gasteiger partial charge in [-0.15, -0.1) is 0 Å². The summed E-state index contributed by atoms with van der Waals surface area (Å²) in [6.07, 6.45) is 5.38. The minimum atomic E-state index is -0.409. The Morgan fingerprint density at radius 1 is 1.26 bits per heavy atom. The number of amides is 1. The number of nitrogens with one attached hydrogen (secondary N) is 1. The smallest absolute Gasteiger partial charge is 0.347 e. The van der Waals surface area contributed by atoms with Crippen molar-refractivity contribution in [2.24, 2.45) is 5.92 Å². The van der Waals surface area contributed by atoms with Crippen LogP contribution >= 0.6 is 0 Å². The molecule has 0 aliphatic carbocycles. The molecular formula is C21H28N4O2. The molecule has 0 bridgehead atoms. The summed E-state index contributed by atoms with van der Waals surface area (Å²) in [5.41, 5.74) is 2.08. The van der Waals surface area contributed by atoms with Crippen molar-refractivity contribution in [3.8, 4) is 0 Å². The number of benzene rings is 1. The number of likely N-dealkylation sites (tertiary alicyclic amines) is 1. The van der Waals surface area contributed by atoms with Crippen molar-refractivity contribution < 1.29 is 4.79 Å². The molecule has 2 heterocycles. The van der Waals surface area contributed by atoms with E-state index in [1.807, 2.05) is 6.07 Å². The highest BCUT2D eigenvalue weighted by atomic mass is 16.2. The number of nitrogens with zero attached hydrogens (tertiary/aromatic N) is 3. The molecule has 0 spiro atoms. The molecule has 27 heavy (non-hydrogen) atoms.